The molecule has 9 nitrogen and oxygen atoms in total. The van der Waals surface area contributed by atoms with Crippen LogP contribution in [0.2, 0.25) is 0 Å². The van der Waals surface area contributed by atoms with Crippen molar-refractivity contribution in [3.63, 3.8) is 0 Å². The fraction of sp³-hybridized carbons (Fsp3) is 0.556. The number of fused-ring (bicyclic) bond motifs is 2. The lowest BCUT2D eigenvalue weighted by Crippen LogP contribution is -2.37. The van der Waals surface area contributed by atoms with Gasteiger partial charge < -0.3 is 19.3 Å². The van der Waals surface area contributed by atoms with Crippen LogP contribution in [0.4, 0.5) is 0 Å². The minimum absolute atomic E-state index is 0.109. The highest BCUT2D eigenvalue weighted by molar-refractivity contribution is 5.97. The Kier molecular flexibility index (Phi) is 4.59. The van der Waals surface area contributed by atoms with Crippen LogP contribution in [0.3, 0.4) is 0 Å². The van der Waals surface area contributed by atoms with Crippen molar-refractivity contribution in [2.75, 3.05) is 13.7 Å². The SMILES string of the molecule is COC[C@@H](C)N1Cc2c(n(CC(=O)O)c3cc(C(C)(C)C)nn3c2=O)C1=O. The summed E-state index contributed by atoms with van der Waals surface area (Å²) in [5, 5.41) is 13.8. The van der Waals surface area contributed by atoms with Crippen molar-refractivity contribution in [1.29, 1.82) is 0 Å². The lowest BCUT2D eigenvalue weighted by molar-refractivity contribution is -0.137. The third kappa shape index (κ3) is 3.12. The number of carbonyl (C=O) groups is 2. The maximum atomic E-state index is 13.0. The third-order valence-electron chi connectivity index (χ3n) is 4.77. The highest BCUT2D eigenvalue weighted by atomic mass is 16.5. The molecule has 1 N–H and O–H groups in total. The molecule has 2 aromatic heterocycles. The molecule has 0 unspecified atom stereocenters. The molecule has 0 radical (unpaired) electrons. The molecule has 3 heterocycles. The molecule has 1 aliphatic heterocycles. The van der Waals surface area contributed by atoms with Gasteiger partial charge in [-0.2, -0.15) is 9.61 Å². The predicted molar refractivity (Wildman–Crippen MR) is 97.0 cm³/mol. The largest absolute Gasteiger partial charge is 0.480 e. The Hall–Kier alpha value is -2.68. The van der Waals surface area contributed by atoms with E-state index in [2.05, 4.69) is 5.10 Å². The first-order chi connectivity index (χ1) is 12.6. The number of rotatable bonds is 5. The first-order valence-corrected chi connectivity index (χ1v) is 8.74. The number of carbonyl (C=O) groups excluding carboxylic acids is 1. The summed E-state index contributed by atoms with van der Waals surface area (Å²) in [6, 6.07) is 1.43. The van der Waals surface area contributed by atoms with Crippen LogP contribution < -0.4 is 5.56 Å². The van der Waals surface area contributed by atoms with Crippen LogP contribution in [-0.2, 0) is 28.0 Å². The molecule has 2 aromatic rings. The number of ether oxygens (including phenoxy) is 1. The van der Waals surface area contributed by atoms with Crippen molar-refractivity contribution in [3.8, 4) is 0 Å². The van der Waals surface area contributed by atoms with Gasteiger partial charge in [0.05, 0.1) is 30.5 Å². The Balaban J connectivity index is 2.26. The molecule has 0 saturated heterocycles. The summed E-state index contributed by atoms with van der Waals surface area (Å²) >= 11 is 0. The highest BCUT2D eigenvalue weighted by Gasteiger charge is 2.37. The van der Waals surface area contributed by atoms with Crippen molar-refractivity contribution in [2.45, 2.75) is 52.2 Å². The van der Waals surface area contributed by atoms with Crippen molar-refractivity contribution in [1.82, 2.24) is 19.1 Å². The number of carboxylic acid groups (broad SMARTS) is 1. The van der Waals surface area contributed by atoms with Crippen LogP contribution >= 0.6 is 0 Å². The van der Waals surface area contributed by atoms with Gasteiger partial charge in [0.25, 0.3) is 11.5 Å². The molecule has 27 heavy (non-hydrogen) atoms. The highest BCUT2D eigenvalue weighted by Crippen LogP contribution is 2.27. The number of nitrogens with zero attached hydrogens (tertiary/aromatic N) is 4. The zero-order valence-electron chi connectivity index (χ0n) is 16.1. The van der Waals surface area contributed by atoms with Crippen LogP contribution in [0.1, 0.15) is 49.4 Å². The summed E-state index contributed by atoms with van der Waals surface area (Å²) in [6.45, 7) is 7.67. The van der Waals surface area contributed by atoms with Crippen molar-refractivity contribution < 1.29 is 19.4 Å². The zero-order valence-corrected chi connectivity index (χ0v) is 16.1. The molecule has 1 amide bonds. The van der Waals surface area contributed by atoms with Crippen LogP contribution in [0.25, 0.3) is 5.65 Å². The van der Waals surface area contributed by atoms with Crippen LogP contribution in [0.15, 0.2) is 10.9 Å². The molecule has 1 aliphatic rings. The maximum Gasteiger partial charge on any atom is 0.323 e. The van der Waals surface area contributed by atoms with E-state index in [4.69, 9.17) is 4.74 Å². The molecule has 146 valence electrons. The van der Waals surface area contributed by atoms with E-state index >= 15 is 0 Å². The van der Waals surface area contributed by atoms with Gasteiger partial charge in [-0.1, -0.05) is 20.8 Å². The van der Waals surface area contributed by atoms with Crippen molar-refractivity contribution in [2.24, 2.45) is 0 Å². The van der Waals surface area contributed by atoms with Gasteiger partial charge in [-0.25, -0.2) is 0 Å². The molecule has 9 heteroatoms. The monoisotopic (exact) mass is 376 g/mol. The summed E-state index contributed by atoms with van der Waals surface area (Å²) in [4.78, 5) is 39.0. The average Bonchev–Trinajstić information content (AvgIpc) is 3.14. The normalized spacial score (nSPS) is 15.4. The van der Waals surface area contributed by atoms with Gasteiger partial charge in [-0.05, 0) is 6.92 Å². The first-order valence-electron chi connectivity index (χ1n) is 8.74. The van der Waals surface area contributed by atoms with Gasteiger partial charge in [-0.3, -0.25) is 14.4 Å². The third-order valence-corrected chi connectivity index (χ3v) is 4.77. The standard InChI is InChI=1S/C18H24N4O5/c1-10(9-27-5)20-7-11-15(17(20)26)21(8-14(23)24)13-6-12(18(2,3)4)19-22(13)16(11)25/h6,10H,7-9H2,1-5H3,(H,23,24)/t10-/m1/s1. The van der Waals surface area contributed by atoms with E-state index in [1.807, 2.05) is 27.7 Å². The second kappa shape index (κ2) is 6.49. The second-order valence-electron chi connectivity index (χ2n) is 7.90. The summed E-state index contributed by atoms with van der Waals surface area (Å²) in [6.07, 6.45) is 0. The Bertz CT molecular complexity index is 982. The summed E-state index contributed by atoms with van der Waals surface area (Å²) in [5.41, 5.74) is 0.628. The molecule has 0 spiro atoms. The van der Waals surface area contributed by atoms with E-state index < -0.39 is 18.1 Å². The molecule has 0 bridgehead atoms. The summed E-state index contributed by atoms with van der Waals surface area (Å²) < 4.78 is 7.70. The van der Waals surface area contributed by atoms with E-state index in [1.54, 1.807) is 6.07 Å². The lowest BCUT2D eigenvalue weighted by atomic mass is 9.93. The van der Waals surface area contributed by atoms with E-state index in [0.29, 0.717) is 17.9 Å². The van der Waals surface area contributed by atoms with Crippen LogP contribution in [-0.4, -0.2) is 55.8 Å². The molecular weight excluding hydrogens is 352 g/mol. The van der Waals surface area contributed by atoms with Gasteiger partial charge in [0.15, 0.2) is 0 Å². The Morgan fingerprint density at radius 2 is 2.04 bits per heavy atom. The van der Waals surface area contributed by atoms with Crippen molar-refractivity contribution in [3.05, 3.63) is 33.4 Å². The smallest absolute Gasteiger partial charge is 0.323 e. The van der Waals surface area contributed by atoms with E-state index in [1.165, 1.54) is 21.1 Å². The molecule has 0 aliphatic carbocycles. The number of aromatic nitrogens is 3. The van der Waals surface area contributed by atoms with Crippen LogP contribution in [0.5, 0.6) is 0 Å². The molecule has 0 aromatic carbocycles. The average molecular weight is 376 g/mol. The molecule has 0 saturated carbocycles. The number of hydrogen-bond donors (Lipinski definition) is 1. The van der Waals surface area contributed by atoms with E-state index in [-0.39, 0.29) is 35.2 Å². The van der Waals surface area contributed by atoms with Gasteiger partial charge in [0.2, 0.25) is 0 Å². The Morgan fingerprint density at radius 1 is 1.37 bits per heavy atom. The number of hydrogen-bond acceptors (Lipinski definition) is 5. The topological polar surface area (TPSA) is 106 Å². The van der Waals surface area contributed by atoms with Gasteiger partial charge in [0, 0.05) is 18.6 Å². The molecule has 3 rings (SSSR count). The Labute approximate surface area is 156 Å². The summed E-state index contributed by atoms with van der Waals surface area (Å²) in [5.74, 6) is -1.47. The molecule has 1 atom stereocenters. The Morgan fingerprint density at radius 3 is 2.59 bits per heavy atom. The quantitative estimate of drug-likeness (QED) is 0.830. The van der Waals surface area contributed by atoms with E-state index in [0.717, 1.165) is 0 Å². The fourth-order valence-corrected chi connectivity index (χ4v) is 3.33. The van der Waals surface area contributed by atoms with Gasteiger partial charge >= 0.3 is 5.97 Å². The van der Waals surface area contributed by atoms with Crippen LogP contribution in [0, 0.1) is 0 Å². The number of methoxy groups -OCH3 is 1. The summed E-state index contributed by atoms with van der Waals surface area (Å²) in [7, 11) is 1.54. The zero-order chi connectivity index (χ0) is 20.1. The maximum absolute atomic E-state index is 13.0. The lowest BCUT2D eigenvalue weighted by Gasteiger charge is -2.23. The van der Waals surface area contributed by atoms with Gasteiger partial charge in [-0.15, -0.1) is 0 Å². The first kappa shape index (κ1) is 19.1. The number of aliphatic carboxylic acids is 1. The van der Waals surface area contributed by atoms with Crippen molar-refractivity contribution >= 4 is 17.5 Å². The van der Waals surface area contributed by atoms with Gasteiger partial charge in [0.1, 0.15) is 17.9 Å². The second-order valence-corrected chi connectivity index (χ2v) is 7.90. The predicted octanol–water partition coefficient (Wildman–Crippen LogP) is 0.869. The number of amides is 1. The van der Waals surface area contributed by atoms with E-state index in [9.17, 15) is 19.5 Å². The molecular formula is C18H24N4O5. The fourth-order valence-electron chi connectivity index (χ4n) is 3.33. The molecule has 0 fully saturated rings. The minimum Gasteiger partial charge on any atom is -0.480 e. The number of carboxylic acids is 1. The minimum atomic E-state index is -1.10.